The molecule has 0 atom stereocenters. The zero-order valence-corrected chi connectivity index (χ0v) is 3.01. The van der Waals surface area contributed by atoms with E-state index in [2.05, 4.69) is 9.71 Å². The molecular weight excluding hydrogens is 95.0 g/mol. The summed E-state index contributed by atoms with van der Waals surface area (Å²) in [6, 6.07) is 0. The third-order valence-corrected chi connectivity index (χ3v) is 0.191. The van der Waals surface area contributed by atoms with Crippen LogP contribution in [0.2, 0.25) is 0 Å². The van der Waals surface area contributed by atoms with Crippen molar-refractivity contribution in [1.82, 2.24) is 0 Å². The van der Waals surface area contributed by atoms with Gasteiger partial charge in [0.2, 0.25) is 0 Å². The minimum Gasteiger partial charge on any atom is -0.238 e. The predicted molar refractivity (Wildman–Crippen MR) is 12.4 cm³/mol. The van der Waals surface area contributed by atoms with Gasteiger partial charge in [-0.05, 0) is 0 Å². The normalized spacial score (nSPS) is 9.00. The predicted octanol–water partition coefficient (Wildman–Crippen LogP) is 0.614. The van der Waals surface area contributed by atoms with Gasteiger partial charge in [0.25, 0.3) is 0 Å². The molecule has 0 aromatic rings. The molecule has 0 aliphatic rings. The molecule has 0 unspecified atom stereocenters. The van der Waals surface area contributed by atoms with E-state index in [1.165, 1.54) is 0 Å². The van der Waals surface area contributed by atoms with E-state index < -0.39 is 8.69 Å². The van der Waals surface area contributed by atoms with Crippen LogP contribution < -0.4 is 0 Å². The molecule has 0 bridgehead atoms. The Bertz CT molecular complexity index is 24.8. The van der Waals surface area contributed by atoms with Crippen molar-refractivity contribution >= 4 is 8.69 Å². The Hall–Kier alpha value is -0.0200. The van der Waals surface area contributed by atoms with Crippen molar-refractivity contribution in [2.45, 2.75) is 0 Å². The summed E-state index contributed by atoms with van der Waals surface area (Å²) in [7, 11) is -0.693. The van der Waals surface area contributed by atoms with Crippen molar-refractivity contribution in [2.75, 3.05) is 0 Å². The molecule has 0 heterocycles. The Balaban J connectivity index is 2.40. The molecule has 1 N–H and O–H groups in total. The van der Waals surface area contributed by atoms with E-state index in [9.17, 15) is 0 Å². The molecule has 0 saturated carbocycles. The summed E-state index contributed by atoms with van der Waals surface area (Å²) in [5, 5.41) is 10.0. The second-order valence-corrected chi connectivity index (χ2v) is 0.522. The van der Waals surface area contributed by atoms with E-state index in [1.807, 2.05) is 0 Å². The molecule has 0 amide bonds. The smallest absolute Gasteiger partial charge is 0.238 e. The summed E-state index contributed by atoms with van der Waals surface area (Å²) < 4.78 is 12.3. The third kappa shape index (κ3) is 3.98. The zero-order chi connectivity index (χ0) is 4.12. The average molecular weight is 96.0 g/mol. The molecule has 0 rings (SSSR count). The standard InChI is InChI=1S/HO4P/c1-3-4-5-2/h1H. The van der Waals surface area contributed by atoms with Gasteiger partial charge in [0.1, 0.15) is 0 Å². The van der Waals surface area contributed by atoms with Crippen LogP contribution in [0.3, 0.4) is 0 Å². The molecule has 0 radical (unpaired) electrons. The number of hydrogen-bond acceptors (Lipinski definition) is 4. The first kappa shape index (κ1) is 4.98. The Labute approximate surface area is 29.5 Å². The fraction of sp³-hybridized carbons (Fsp3) is 0. The van der Waals surface area contributed by atoms with Gasteiger partial charge in [0, 0.05) is 0 Å². The van der Waals surface area contributed by atoms with Crippen molar-refractivity contribution in [3.05, 3.63) is 0 Å². The van der Waals surface area contributed by atoms with Crippen molar-refractivity contribution in [1.29, 1.82) is 0 Å². The summed E-state index contributed by atoms with van der Waals surface area (Å²) in [5.41, 5.74) is 0. The van der Waals surface area contributed by atoms with E-state index in [0.29, 0.717) is 0 Å². The van der Waals surface area contributed by atoms with Crippen LogP contribution in [-0.4, -0.2) is 5.26 Å². The second kappa shape index (κ2) is 3.98. The van der Waals surface area contributed by atoms with Gasteiger partial charge in [-0.25, -0.2) is 9.82 Å². The van der Waals surface area contributed by atoms with Crippen molar-refractivity contribution in [3.63, 3.8) is 0 Å². The second-order valence-electron chi connectivity index (χ2n) is 0.224. The molecule has 5 heteroatoms. The summed E-state index contributed by atoms with van der Waals surface area (Å²) in [4.78, 5) is 0. The van der Waals surface area contributed by atoms with Gasteiger partial charge in [0.15, 0.2) is 0 Å². The zero-order valence-electron chi connectivity index (χ0n) is 2.12. The van der Waals surface area contributed by atoms with Gasteiger partial charge >= 0.3 is 8.69 Å². The lowest BCUT2D eigenvalue weighted by Gasteiger charge is -1.71. The van der Waals surface area contributed by atoms with E-state index in [1.54, 1.807) is 0 Å². The van der Waals surface area contributed by atoms with Gasteiger partial charge in [-0.3, -0.25) is 0 Å². The average Bonchev–Trinajstić information content (AvgIpc) is 1.41. The van der Waals surface area contributed by atoms with Gasteiger partial charge in [0.05, 0.1) is 0 Å². The molecule has 5 heavy (non-hydrogen) atoms. The van der Waals surface area contributed by atoms with E-state index in [-0.39, 0.29) is 0 Å². The minimum absolute atomic E-state index is 0.693. The van der Waals surface area contributed by atoms with Crippen LogP contribution >= 0.6 is 8.69 Å². The largest absolute Gasteiger partial charge is 0.361 e. The summed E-state index contributed by atoms with van der Waals surface area (Å²) in [6.07, 6.45) is 0. The van der Waals surface area contributed by atoms with Gasteiger partial charge in [-0.2, -0.15) is 0 Å². The van der Waals surface area contributed by atoms with Gasteiger partial charge < -0.3 is 0 Å². The van der Waals surface area contributed by atoms with Gasteiger partial charge in [-0.1, -0.05) is 5.04 Å². The maximum atomic E-state index is 8.99. The van der Waals surface area contributed by atoms with Crippen LogP contribution in [-0.2, 0) is 14.3 Å². The molecule has 0 fully saturated rings. The SMILES string of the molecule is O=POOO. The molecular formula is HO4P. The topological polar surface area (TPSA) is 55.8 Å². The summed E-state index contributed by atoms with van der Waals surface area (Å²) in [5.74, 6) is 0. The fourth-order valence-corrected chi connectivity index (χ4v) is 0.0408. The lowest BCUT2D eigenvalue weighted by molar-refractivity contribution is -0.435. The Morgan fingerprint density at radius 3 is 2.40 bits per heavy atom. The molecule has 4 nitrogen and oxygen atoms in total. The van der Waals surface area contributed by atoms with Crippen LogP contribution in [0.4, 0.5) is 0 Å². The minimum atomic E-state index is -0.693. The highest BCUT2D eigenvalue weighted by Gasteiger charge is 1.68. The van der Waals surface area contributed by atoms with Crippen LogP contribution in [0.5, 0.6) is 0 Å². The first-order valence-corrected chi connectivity index (χ1v) is 1.44. The molecule has 0 aliphatic carbocycles. The highest BCUT2D eigenvalue weighted by molar-refractivity contribution is 7.17. The highest BCUT2D eigenvalue weighted by Crippen LogP contribution is 1.89. The first-order chi connectivity index (χ1) is 2.41. The Morgan fingerprint density at radius 1 is 1.80 bits per heavy atom. The Kier molecular flexibility index (Phi) is 3.96. The monoisotopic (exact) mass is 96.0 g/mol. The molecule has 0 spiro atoms. The van der Waals surface area contributed by atoms with Gasteiger partial charge in [-0.15, -0.1) is 4.67 Å². The summed E-state index contributed by atoms with van der Waals surface area (Å²) in [6.45, 7) is 0. The van der Waals surface area contributed by atoms with Crippen molar-refractivity contribution in [3.8, 4) is 0 Å². The maximum Gasteiger partial charge on any atom is 0.361 e. The van der Waals surface area contributed by atoms with E-state index >= 15 is 0 Å². The highest BCUT2D eigenvalue weighted by atomic mass is 31.1. The van der Waals surface area contributed by atoms with Crippen LogP contribution in [0.1, 0.15) is 0 Å². The molecule has 0 aliphatic heterocycles. The van der Waals surface area contributed by atoms with Crippen molar-refractivity contribution < 1.29 is 19.5 Å². The lowest BCUT2D eigenvalue weighted by atomic mass is 14.6. The van der Waals surface area contributed by atoms with E-state index in [0.717, 1.165) is 0 Å². The van der Waals surface area contributed by atoms with Crippen LogP contribution in [0.25, 0.3) is 0 Å². The number of hydrogen-bond donors (Lipinski definition) is 1. The Morgan fingerprint density at radius 2 is 2.40 bits per heavy atom. The van der Waals surface area contributed by atoms with Crippen LogP contribution in [0, 0.1) is 0 Å². The quantitative estimate of drug-likeness (QED) is 0.311. The molecule has 0 aromatic carbocycles. The third-order valence-electron chi connectivity index (χ3n) is 0.0638. The van der Waals surface area contributed by atoms with Crippen molar-refractivity contribution in [2.24, 2.45) is 0 Å². The maximum absolute atomic E-state index is 8.99. The fourth-order valence-electron chi connectivity index (χ4n) is 0.0136. The van der Waals surface area contributed by atoms with Crippen LogP contribution in [0.15, 0.2) is 0 Å². The van der Waals surface area contributed by atoms with E-state index in [4.69, 9.17) is 9.82 Å². The molecule has 0 aromatic heterocycles. The molecule has 30 valence electrons. The first-order valence-electron chi connectivity index (χ1n) is 0.714. The molecule has 0 saturated heterocycles. The lowest BCUT2D eigenvalue weighted by Crippen LogP contribution is -1.67. The summed E-state index contributed by atoms with van der Waals surface area (Å²) >= 11 is 0. The number of rotatable bonds is 2.